The summed E-state index contributed by atoms with van der Waals surface area (Å²) in [7, 11) is 0. The summed E-state index contributed by atoms with van der Waals surface area (Å²) in [5, 5.41) is 0. The molecule has 28 heavy (non-hydrogen) atoms. The van der Waals surface area contributed by atoms with Crippen LogP contribution >= 0.6 is 0 Å². The van der Waals surface area contributed by atoms with Crippen LogP contribution in [-0.4, -0.2) is 18.7 Å². The number of carbonyl (C=O) groups excluding carboxylic acids is 1. The molecule has 2 fully saturated rings. The van der Waals surface area contributed by atoms with Crippen LogP contribution in [0.25, 0.3) is 0 Å². The summed E-state index contributed by atoms with van der Waals surface area (Å²) in [4.78, 5) is 12.8. The first kappa shape index (κ1) is 21.0. The van der Waals surface area contributed by atoms with Crippen molar-refractivity contribution < 1.29 is 14.3 Å². The average Bonchev–Trinajstić information content (AvgIpc) is 3.44. The molecule has 0 heterocycles. The van der Waals surface area contributed by atoms with Crippen LogP contribution in [0.5, 0.6) is 0 Å². The van der Waals surface area contributed by atoms with Gasteiger partial charge in [-0.2, -0.15) is 0 Å². The Morgan fingerprint density at radius 1 is 1.25 bits per heavy atom. The number of esters is 1. The van der Waals surface area contributed by atoms with E-state index in [4.69, 9.17) is 9.47 Å². The molecule has 0 N–H and O–H groups in total. The Balaban J connectivity index is 1.76. The molecule has 1 aromatic carbocycles. The van der Waals surface area contributed by atoms with Crippen LogP contribution in [0, 0.1) is 23.7 Å². The van der Waals surface area contributed by atoms with Crippen LogP contribution in [0.2, 0.25) is 0 Å². The Bertz CT molecular complexity index is 693. The number of rotatable bonds is 7. The Labute approximate surface area is 170 Å². The third kappa shape index (κ3) is 4.14. The van der Waals surface area contributed by atoms with Gasteiger partial charge in [-0.1, -0.05) is 57.5 Å². The number of carbonyl (C=O) groups is 1. The van der Waals surface area contributed by atoms with Crippen LogP contribution in [0.1, 0.15) is 65.9 Å². The fourth-order valence-electron chi connectivity index (χ4n) is 5.02. The molecule has 3 heteroatoms. The molecule has 0 saturated heterocycles. The second-order valence-electron chi connectivity index (χ2n) is 9.18. The second kappa shape index (κ2) is 8.71. The quantitative estimate of drug-likeness (QED) is 0.434. The fraction of sp³-hybridized carbons (Fsp3) is 0.640. The van der Waals surface area contributed by atoms with Gasteiger partial charge in [0, 0.05) is 5.92 Å². The molecule has 1 aromatic rings. The molecule has 0 amide bonds. The summed E-state index contributed by atoms with van der Waals surface area (Å²) in [5.74, 6) is 2.02. The minimum absolute atomic E-state index is 0.106. The van der Waals surface area contributed by atoms with Crippen molar-refractivity contribution in [3.05, 3.63) is 47.7 Å². The standard InChI is InChI=1S/C25H36O3/c1-6-27-24(26)25(20-10-8-7-9-11-20)15-22(25)19(5)16-28-23-14-18(4)12-13-21(23)17(2)3/h7-11,16-18,21-23H,6,12-15H2,1-5H3/b19-16+/t18-,21+,22+,23-,25+/m1/s1. The van der Waals surface area contributed by atoms with E-state index >= 15 is 0 Å². The minimum atomic E-state index is -0.543. The summed E-state index contributed by atoms with van der Waals surface area (Å²) in [6, 6.07) is 10.1. The Hall–Kier alpha value is -1.77. The zero-order valence-corrected chi connectivity index (χ0v) is 18.1. The van der Waals surface area contributed by atoms with E-state index in [0.29, 0.717) is 18.4 Å². The number of hydrogen-bond acceptors (Lipinski definition) is 3. The molecule has 3 rings (SSSR count). The zero-order valence-electron chi connectivity index (χ0n) is 18.1. The Morgan fingerprint density at radius 3 is 2.61 bits per heavy atom. The van der Waals surface area contributed by atoms with Crippen LogP contribution in [0.3, 0.4) is 0 Å². The van der Waals surface area contributed by atoms with E-state index in [9.17, 15) is 4.79 Å². The van der Waals surface area contributed by atoms with Crippen LogP contribution < -0.4 is 0 Å². The van der Waals surface area contributed by atoms with Gasteiger partial charge in [-0.15, -0.1) is 0 Å². The van der Waals surface area contributed by atoms with E-state index in [1.165, 1.54) is 12.8 Å². The first-order valence-corrected chi connectivity index (χ1v) is 10.9. The number of benzene rings is 1. The van der Waals surface area contributed by atoms with E-state index in [-0.39, 0.29) is 18.0 Å². The van der Waals surface area contributed by atoms with Gasteiger partial charge in [0.05, 0.1) is 12.9 Å². The highest BCUT2D eigenvalue weighted by molar-refractivity contribution is 5.88. The molecule has 0 aliphatic heterocycles. The largest absolute Gasteiger partial charge is 0.498 e. The highest BCUT2D eigenvalue weighted by Gasteiger charge is 2.63. The van der Waals surface area contributed by atoms with Crippen molar-refractivity contribution in [1.82, 2.24) is 0 Å². The molecular formula is C25H36O3. The van der Waals surface area contributed by atoms with Gasteiger partial charge in [-0.25, -0.2) is 0 Å². The highest BCUT2D eigenvalue weighted by Crippen LogP contribution is 2.58. The van der Waals surface area contributed by atoms with E-state index in [0.717, 1.165) is 29.9 Å². The van der Waals surface area contributed by atoms with Crippen molar-refractivity contribution in [2.75, 3.05) is 6.61 Å². The maximum absolute atomic E-state index is 12.8. The average molecular weight is 385 g/mol. The van der Waals surface area contributed by atoms with Crippen LogP contribution in [0.4, 0.5) is 0 Å². The van der Waals surface area contributed by atoms with Crippen LogP contribution in [0.15, 0.2) is 42.2 Å². The van der Waals surface area contributed by atoms with Crippen molar-refractivity contribution >= 4 is 5.97 Å². The van der Waals surface area contributed by atoms with Gasteiger partial charge in [-0.05, 0) is 62.0 Å². The molecule has 154 valence electrons. The lowest BCUT2D eigenvalue weighted by Crippen LogP contribution is -2.33. The third-order valence-corrected chi connectivity index (χ3v) is 6.83. The lowest BCUT2D eigenvalue weighted by Gasteiger charge is -2.36. The lowest BCUT2D eigenvalue weighted by molar-refractivity contribution is -0.146. The minimum Gasteiger partial charge on any atom is -0.498 e. The molecule has 3 nitrogen and oxygen atoms in total. The van der Waals surface area contributed by atoms with Gasteiger partial charge in [0.2, 0.25) is 0 Å². The maximum atomic E-state index is 12.8. The normalized spacial score (nSPS) is 32.9. The van der Waals surface area contributed by atoms with Gasteiger partial charge in [0.25, 0.3) is 0 Å². The third-order valence-electron chi connectivity index (χ3n) is 6.83. The summed E-state index contributed by atoms with van der Waals surface area (Å²) in [5.41, 5.74) is 1.66. The summed E-state index contributed by atoms with van der Waals surface area (Å²) in [6.45, 7) is 11.3. The Kier molecular flexibility index (Phi) is 6.52. The molecule has 0 spiro atoms. The molecular weight excluding hydrogens is 348 g/mol. The van der Waals surface area contributed by atoms with Crippen molar-refractivity contribution in [2.24, 2.45) is 23.7 Å². The van der Waals surface area contributed by atoms with Crippen molar-refractivity contribution in [2.45, 2.75) is 71.8 Å². The Morgan fingerprint density at radius 2 is 1.96 bits per heavy atom. The molecule has 2 aliphatic rings. The number of hydrogen-bond donors (Lipinski definition) is 0. The van der Waals surface area contributed by atoms with E-state index in [1.807, 2.05) is 43.5 Å². The zero-order chi connectivity index (χ0) is 20.3. The van der Waals surface area contributed by atoms with Crippen molar-refractivity contribution in [1.29, 1.82) is 0 Å². The van der Waals surface area contributed by atoms with Crippen molar-refractivity contribution in [3.8, 4) is 0 Å². The molecule has 0 unspecified atom stereocenters. The van der Waals surface area contributed by atoms with Gasteiger partial charge in [0.15, 0.2) is 0 Å². The first-order chi connectivity index (χ1) is 13.4. The predicted molar refractivity (Wildman–Crippen MR) is 113 cm³/mol. The van der Waals surface area contributed by atoms with Gasteiger partial charge >= 0.3 is 5.97 Å². The summed E-state index contributed by atoms with van der Waals surface area (Å²) in [6.07, 6.45) is 6.71. The second-order valence-corrected chi connectivity index (χ2v) is 9.18. The maximum Gasteiger partial charge on any atom is 0.317 e. The topological polar surface area (TPSA) is 35.5 Å². The fourth-order valence-corrected chi connectivity index (χ4v) is 5.02. The highest BCUT2D eigenvalue weighted by atomic mass is 16.5. The molecule has 2 saturated carbocycles. The van der Waals surface area contributed by atoms with Crippen LogP contribution in [-0.2, 0) is 19.7 Å². The van der Waals surface area contributed by atoms with E-state index in [1.54, 1.807) is 0 Å². The lowest BCUT2D eigenvalue weighted by atomic mass is 9.75. The van der Waals surface area contributed by atoms with E-state index in [2.05, 4.69) is 27.7 Å². The predicted octanol–water partition coefficient (Wildman–Crippen LogP) is 5.89. The molecule has 0 aromatic heterocycles. The first-order valence-electron chi connectivity index (χ1n) is 10.9. The molecule has 0 bridgehead atoms. The smallest absolute Gasteiger partial charge is 0.317 e. The summed E-state index contributed by atoms with van der Waals surface area (Å²) < 4.78 is 11.8. The van der Waals surface area contributed by atoms with E-state index < -0.39 is 5.41 Å². The SMILES string of the molecule is CCOC(=O)[C@]1(c2ccccc2)C[C@H]1/C(C)=C/O[C@@H]1C[C@H](C)CC[C@H]1C(C)C. The van der Waals surface area contributed by atoms with Gasteiger partial charge in [-0.3, -0.25) is 4.79 Å². The molecule has 0 radical (unpaired) electrons. The monoisotopic (exact) mass is 384 g/mol. The van der Waals surface area contributed by atoms with Crippen molar-refractivity contribution in [3.63, 3.8) is 0 Å². The van der Waals surface area contributed by atoms with Gasteiger partial charge in [0.1, 0.15) is 11.5 Å². The molecule has 5 atom stereocenters. The number of ether oxygens (including phenoxy) is 2. The number of allylic oxidation sites excluding steroid dienone is 1. The summed E-state index contributed by atoms with van der Waals surface area (Å²) >= 11 is 0. The van der Waals surface area contributed by atoms with Gasteiger partial charge < -0.3 is 9.47 Å². The molecule has 2 aliphatic carbocycles.